The van der Waals surface area contributed by atoms with E-state index in [-0.39, 0.29) is 17.7 Å². The summed E-state index contributed by atoms with van der Waals surface area (Å²) >= 11 is 0. The molecule has 36 heavy (non-hydrogen) atoms. The molecule has 1 aromatic heterocycles. The van der Waals surface area contributed by atoms with Crippen LogP contribution in [-0.4, -0.2) is 39.2 Å². The molecule has 0 aliphatic heterocycles. The van der Waals surface area contributed by atoms with Crippen LogP contribution in [0.25, 0.3) is 0 Å². The van der Waals surface area contributed by atoms with Gasteiger partial charge in [0.15, 0.2) is 17.3 Å². The monoisotopic (exact) mass is 496 g/mol. The van der Waals surface area contributed by atoms with Gasteiger partial charge in [-0.05, 0) is 66.9 Å². The quantitative estimate of drug-likeness (QED) is 0.454. The lowest BCUT2D eigenvalue weighted by Crippen LogP contribution is -2.46. The fraction of sp³-hybridized carbons (Fsp3) is 0.333. The van der Waals surface area contributed by atoms with Crippen molar-refractivity contribution in [1.82, 2.24) is 5.32 Å². The number of rotatable bonds is 9. The largest absolute Gasteiger partial charge is 0.493 e. The molecular formula is C27H29FN2O6. The predicted octanol–water partition coefficient (Wildman–Crippen LogP) is 4.89. The molecule has 190 valence electrons. The summed E-state index contributed by atoms with van der Waals surface area (Å²) in [6, 6.07) is 10.6. The van der Waals surface area contributed by atoms with Crippen molar-refractivity contribution in [2.45, 2.75) is 37.8 Å². The van der Waals surface area contributed by atoms with Crippen LogP contribution in [0.3, 0.4) is 0 Å². The van der Waals surface area contributed by atoms with Gasteiger partial charge in [-0.3, -0.25) is 14.5 Å². The first-order valence-corrected chi connectivity index (χ1v) is 11.7. The van der Waals surface area contributed by atoms with Gasteiger partial charge < -0.3 is 23.9 Å². The van der Waals surface area contributed by atoms with E-state index in [4.69, 9.17) is 18.6 Å². The second-order valence-electron chi connectivity index (χ2n) is 8.48. The van der Waals surface area contributed by atoms with Crippen LogP contribution in [0.2, 0.25) is 0 Å². The molecule has 1 fully saturated rings. The number of furan rings is 1. The lowest BCUT2D eigenvalue weighted by Gasteiger charge is -2.32. The number of carbonyl (C=O) groups is 2. The van der Waals surface area contributed by atoms with Gasteiger partial charge in [-0.1, -0.05) is 12.8 Å². The number of carbonyl (C=O) groups excluding carboxylic acids is 2. The number of halogens is 1. The smallest absolute Gasteiger partial charge is 0.294 e. The van der Waals surface area contributed by atoms with Gasteiger partial charge in [0.05, 0.1) is 27.6 Å². The van der Waals surface area contributed by atoms with Crippen molar-refractivity contribution in [2.24, 2.45) is 0 Å². The van der Waals surface area contributed by atoms with Gasteiger partial charge in [0.2, 0.25) is 11.7 Å². The summed E-state index contributed by atoms with van der Waals surface area (Å²) in [6.07, 6.45) is 5.13. The van der Waals surface area contributed by atoms with Gasteiger partial charge in [-0.25, -0.2) is 4.39 Å². The van der Waals surface area contributed by atoms with Crippen molar-refractivity contribution in [1.29, 1.82) is 0 Å². The maximum absolute atomic E-state index is 13.9. The molecule has 1 N–H and O–H groups in total. The van der Waals surface area contributed by atoms with E-state index >= 15 is 0 Å². The Kier molecular flexibility index (Phi) is 7.77. The van der Waals surface area contributed by atoms with E-state index in [1.807, 2.05) is 0 Å². The fourth-order valence-electron chi connectivity index (χ4n) is 4.53. The average molecular weight is 497 g/mol. The molecule has 0 unspecified atom stereocenters. The number of nitrogens with zero attached hydrogens (tertiary/aromatic N) is 1. The molecule has 1 aliphatic rings. The van der Waals surface area contributed by atoms with E-state index in [0.717, 1.165) is 25.7 Å². The zero-order valence-electron chi connectivity index (χ0n) is 20.5. The van der Waals surface area contributed by atoms with Crippen molar-refractivity contribution in [2.75, 3.05) is 26.2 Å². The third kappa shape index (κ3) is 5.15. The third-order valence-corrected chi connectivity index (χ3v) is 6.27. The van der Waals surface area contributed by atoms with Crippen molar-refractivity contribution in [3.05, 3.63) is 71.9 Å². The Labute approximate surface area is 208 Å². The Balaban J connectivity index is 1.89. The van der Waals surface area contributed by atoms with E-state index in [1.165, 1.54) is 62.8 Å². The molecule has 1 saturated carbocycles. The number of ether oxygens (including phenoxy) is 3. The van der Waals surface area contributed by atoms with Gasteiger partial charge in [-0.15, -0.1) is 0 Å². The lowest BCUT2D eigenvalue weighted by atomic mass is 10.0. The van der Waals surface area contributed by atoms with Gasteiger partial charge in [-0.2, -0.15) is 0 Å². The number of hydrogen-bond donors (Lipinski definition) is 1. The zero-order chi connectivity index (χ0) is 25.7. The minimum Gasteiger partial charge on any atom is -0.493 e. The Bertz CT molecular complexity index is 1160. The summed E-state index contributed by atoms with van der Waals surface area (Å²) < 4.78 is 35.6. The van der Waals surface area contributed by atoms with E-state index in [2.05, 4.69) is 5.32 Å². The summed E-state index contributed by atoms with van der Waals surface area (Å²) in [7, 11) is 4.43. The zero-order valence-corrected chi connectivity index (χ0v) is 20.5. The van der Waals surface area contributed by atoms with Crippen molar-refractivity contribution in [3.8, 4) is 17.2 Å². The highest BCUT2D eigenvalue weighted by atomic mass is 19.1. The lowest BCUT2D eigenvalue weighted by molar-refractivity contribution is -0.123. The van der Waals surface area contributed by atoms with Crippen LogP contribution in [0.15, 0.2) is 59.2 Å². The summed E-state index contributed by atoms with van der Waals surface area (Å²) in [6.45, 7) is 0. The maximum atomic E-state index is 13.9. The molecule has 2 aromatic carbocycles. The molecule has 2 amide bonds. The van der Waals surface area contributed by atoms with Crippen molar-refractivity contribution in [3.63, 3.8) is 0 Å². The third-order valence-electron chi connectivity index (χ3n) is 6.27. The fourth-order valence-corrected chi connectivity index (χ4v) is 4.53. The molecule has 0 radical (unpaired) electrons. The molecule has 1 atom stereocenters. The van der Waals surface area contributed by atoms with Crippen LogP contribution in [0.1, 0.15) is 47.8 Å². The number of nitrogens with one attached hydrogen (secondary N) is 1. The second-order valence-corrected chi connectivity index (χ2v) is 8.48. The number of amides is 2. The molecule has 0 spiro atoms. The maximum Gasteiger partial charge on any atom is 0.294 e. The highest BCUT2D eigenvalue weighted by Gasteiger charge is 2.37. The van der Waals surface area contributed by atoms with Gasteiger partial charge >= 0.3 is 0 Å². The number of benzene rings is 2. The standard InChI is InChI=1S/C27H29FN2O6/c1-33-22-15-17(16-23(34-2)25(22)35-3)24(26(31)29-19-7-4-5-8-19)30(20-12-10-18(28)11-13-20)27(32)21-9-6-14-36-21/h6,9-16,19,24H,4-5,7-8H2,1-3H3,(H,29,31)/t24-/m1/s1. The SMILES string of the molecule is COc1cc([C@H](C(=O)NC2CCCC2)N(C(=O)c2ccco2)c2ccc(F)cc2)cc(OC)c1OC. The van der Waals surface area contributed by atoms with Crippen molar-refractivity contribution < 1.29 is 32.6 Å². The van der Waals surface area contributed by atoms with Crippen LogP contribution in [0, 0.1) is 5.82 Å². The highest BCUT2D eigenvalue weighted by Crippen LogP contribution is 2.42. The van der Waals surface area contributed by atoms with Crippen LogP contribution >= 0.6 is 0 Å². The molecule has 8 nitrogen and oxygen atoms in total. The summed E-state index contributed by atoms with van der Waals surface area (Å²) in [5.74, 6) is -0.379. The number of hydrogen-bond acceptors (Lipinski definition) is 6. The first-order valence-electron chi connectivity index (χ1n) is 11.7. The first-order chi connectivity index (χ1) is 17.5. The molecule has 3 aromatic rings. The molecule has 1 heterocycles. The molecule has 1 aliphatic carbocycles. The Morgan fingerprint density at radius 2 is 1.64 bits per heavy atom. The number of methoxy groups -OCH3 is 3. The normalized spacial score (nSPS) is 14.2. The van der Waals surface area contributed by atoms with Crippen LogP contribution in [-0.2, 0) is 4.79 Å². The van der Waals surface area contributed by atoms with Gasteiger partial charge in [0.25, 0.3) is 5.91 Å². The first kappa shape index (κ1) is 25.1. The molecule has 9 heteroatoms. The van der Waals surface area contributed by atoms with Gasteiger partial charge in [0.1, 0.15) is 11.9 Å². The molecule has 4 rings (SSSR count). The summed E-state index contributed by atoms with van der Waals surface area (Å²) in [5.41, 5.74) is 0.738. The van der Waals surface area contributed by atoms with E-state index < -0.39 is 17.8 Å². The van der Waals surface area contributed by atoms with E-state index in [0.29, 0.717) is 28.5 Å². The minimum atomic E-state index is -1.15. The second kappa shape index (κ2) is 11.2. The van der Waals surface area contributed by atoms with E-state index in [1.54, 1.807) is 18.2 Å². The summed E-state index contributed by atoms with van der Waals surface area (Å²) in [5, 5.41) is 3.09. The minimum absolute atomic E-state index is 0.00387. The van der Waals surface area contributed by atoms with E-state index in [9.17, 15) is 14.0 Å². The Morgan fingerprint density at radius 3 is 2.17 bits per heavy atom. The van der Waals surface area contributed by atoms with Crippen LogP contribution in [0.4, 0.5) is 10.1 Å². The predicted molar refractivity (Wildman–Crippen MR) is 131 cm³/mol. The number of anilines is 1. The summed E-state index contributed by atoms with van der Waals surface area (Å²) in [4.78, 5) is 28.9. The molecule has 0 saturated heterocycles. The average Bonchev–Trinajstić information content (AvgIpc) is 3.61. The van der Waals surface area contributed by atoms with Crippen LogP contribution in [0.5, 0.6) is 17.2 Å². The topological polar surface area (TPSA) is 90.2 Å². The van der Waals surface area contributed by atoms with Crippen molar-refractivity contribution >= 4 is 17.5 Å². The Morgan fingerprint density at radius 1 is 1.00 bits per heavy atom. The highest BCUT2D eigenvalue weighted by molar-refractivity contribution is 6.08. The Hall–Kier alpha value is -4.01. The van der Waals surface area contributed by atoms with Crippen LogP contribution < -0.4 is 24.4 Å². The molecule has 0 bridgehead atoms. The molecular weight excluding hydrogens is 467 g/mol. The van der Waals surface area contributed by atoms with Gasteiger partial charge in [0, 0.05) is 11.7 Å².